The van der Waals surface area contributed by atoms with Crippen molar-refractivity contribution in [3.63, 3.8) is 0 Å². The summed E-state index contributed by atoms with van der Waals surface area (Å²) in [7, 11) is 1.68. The van der Waals surface area contributed by atoms with Crippen molar-refractivity contribution in [2.24, 2.45) is 0 Å². The molecule has 0 amide bonds. The maximum atomic E-state index is 6.29. The van der Waals surface area contributed by atoms with Gasteiger partial charge in [0.05, 0.1) is 10.7 Å². The quantitative estimate of drug-likeness (QED) is 0.290. The predicted molar refractivity (Wildman–Crippen MR) is 111 cm³/mol. The van der Waals surface area contributed by atoms with Crippen LogP contribution in [0, 0.1) is 3.57 Å². The second-order valence-corrected chi connectivity index (χ2v) is 7.24. The lowest BCUT2D eigenvalue weighted by Gasteiger charge is -2.03. The van der Waals surface area contributed by atoms with Gasteiger partial charge in [0.15, 0.2) is 0 Å². The van der Waals surface area contributed by atoms with Crippen molar-refractivity contribution in [2.45, 2.75) is 6.42 Å². The number of halogens is 2. The molecule has 0 spiro atoms. The lowest BCUT2D eigenvalue weighted by molar-refractivity contribution is 0.415. The molecule has 0 saturated carbocycles. The molecule has 0 N–H and O–H groups in total. The first-order chi connectivity index (χ1) is 11.2. The largest absolute Gasteiger partial charge is 0.497 e. The molecule has 0 aliphatic rings. The van der Waals surface area contributed by atoms with Gasteiger partial charge in [-0.3, -0.25) is 0 Å². The molecule has 4 heteroatoms. The maximum Gasteiger partial charge on any atom is 0.148 e. The normalized spacial score (nSPS) is 10.7. The molecule has 3 rings (SSSR count). The van der Waals surface area contributed by atoms with E-state index in [4.69, 9.17) is 9.15 Å². The number of ether oxygens (including phenoxy) is 1. The van der Waals surface area contributed by atoms with Crippen molar-refractivity contribution >= 4 is 45.2 Å². The van der Waals surface area contributed by atoms with Gasteiger partial charge in [0, 0.05) is 21.1 Å². The molecule has 0 aliphatic heterocycles. The number of alkyl halides is 1. The SMILES string of the molecule is COc1ccc(-c2oc(-c3ccccc3)c(I)c2CCI)cc1. The Morgan fingerprint density at radius 3 is 2.17 bits per heavy atom. The minimum atomic E-state index is 0.855. The molecule has 1 aromatic heterocycles. The number of rotatable bonds is 5. The monoisotopic (exact) mass is 530 g/mol. The van der Waals surface area contributed by atoms with Crippen molar-refractivity contribution in [3.05, 3.63) is 63.7 Å². The summed E-state index contributed by atoms with van der Waals surface area (Å²) >= 11 is 4.82. The Labute approximate surface area is 163 Å². The fraction of sp³-hybridized carbons (Fsp3) is 0.158. The zero-order valence-corrected chi connectivity index (χ0v) is 17.0. The number of methoxy groups -OCH3 is 1. The van der Waals surface area contributed by atoms with Gasteiger partial charge in [-0.25, -0.2) is 0 Å². The van der Waals surface area contributed by atoms with Crippen molar-refractivity contribution in [3.8, 4) is 28.4 Å². The molecule has 0 saturated heterocycles. The molecular weight excluding hydrogens is 514 g/mol. The molecule has 2 aromatic carbocycles. The van der Waals surface area contributed by atoms with E-state index >= 15 is 0 Å². The van der Waals surface area contributed by atoms with E-state index in [0.29, 0.717) is 0 Å². The number of hydrogen-bond acceptors (Lipinski definition) is 2. The van der Waals surface area contributed by atoms with E-state index in [1.807, 2.05) is 30.3 Å². The van der Waals surface area contributed by atoms with Crippen LogP contribution >= 0.6 is 45.2 Å². The molecule has 118 valence electrons. The van der Waals surface area contributed by atoms with Crippen LogP contribution in [0.15, 0.2) is 59.0 Å². The minimum absolute atomic E-state index is 0.855. The molecule has 2 nitrogen and oxygen atoms in total. The van der Waals surface area contributed by atoms with Gasteiger partial charge >= 0.3 is 0 Å². The number of benzene rings is 2. The van der Waals surface area contributed by atoms with E-state index in [1.54, 1.807) is 7.11 Å². The molecule has 3 aromatic rings. The molecular formula is C19H16I2O2. The lowest BCUT2D eigenvalue weighted by atomic mass is 10.1. The molecule has 0 unspecified atom stereocenters. The summed E-state index contributed by atoms with van der Waals surface area (Å²) in [6.07, 6.45) is 0.997. The van der Waals surface area contributed by atoms with Crippen molar-refractivity contribution in [2.75, 3.05) is 11.5 Å². The molecule has 0 radical (unpaired) electrons. The summed E-state index contributed by atoms with van der Waals surface area (Å²) in [5.41, 5.74) is 3.49. The summed E-state index contributed by atoms with van der Waals surface area (Å²) in [5, 5.41) is 0. The average Bonchev–Trinajstić information content (AvgIpc) is 2.93. The van der Waals surface area contributed by atoms with Gasteiger partial charge in [0.25, 0.3) is 0 Å². The van der Waals surface area contributed by atoms with Crippen molar-refractivity contribution in [1.29, 1.82) is 0 Å². The molecule has 0 aliphatic carbocycles. The molecule has 23 heavy (non-hydrogen) atoms. The molecule has 0 bridgehead atoms. The van der Waals surface area contributed by atoms with Gasteiger partial charge in [-0.1, -0.05) is 52.9 Å². The topological polar surface area (TPSA) is 22.4 Å². The Kier molecular flexibility index (Phi) is 5.63. The van der Waals surface area contributed by atoms with E-state index in [2.05, 4.69) is 69.4 Å². The zero-order valence-electron chi connectivity index (χ0n) is 12.7. The highest BCUT2D eigenvalue weighted by atomic mass is 127. The highest BCUT2D eigenvalue weighted by Crippen LogP contribution is 2.38. The summed E-state index contributed by atoms with van der Waals surface area (Å²) < 4.78 is 13.8. The van der Waals surface area contributed by atoms with Crippen LogP contribution in [0.3, 0.4) is 0 Å². The summed E-state index contributed by atoms with van der Waals surface area (Å²) in [5.74, 6) is 2.78. The van der Waals surface area contributed by atoms with E-state index < -0.39 is 0 Å². The van der Waals surface area contributed by atoms with Crippen LogP contribution in [0.2, 0.25) is 0 Å². The number of hydrogen-bond donors (Lipinski definition) is 0. The van der Waals surface area contributed by atoms with Gasteiger partial charge in [-0.05, 0) is 53.3 Å². The van der Waals surface area contributed by atoms with Gasteiger partial charge in [-0.15, -0.1) is 0 Å². The Balaban J connectivity index is 2.11. The van der Waals surface area contributed by atoms with Crippen molar-refractivity contribution < 1.29 is 9.15 Å². The highest BCUT2D eigenvalue weighted by molar-refractivity contribution is 14.1. The van der Waals surface area contributed by atoms with E-state index in [-0.39, 0.29) is 0 Å². The molecule has 0 atom stereocenters. The Morgan fingerprint density at radius 1 is 0.913 bits per heavy atom. The average molecular weight is 530 g/mol. The van der Waals surface area contributed by atoms with Crippen LogP contribution in [-0.4, -0.2) is 11.5 Å². The van der Waals surface area contributed by atoms with Crippen LogP contribution < -0.4 is 4.74 Å². The standard InChI is InChI=1S/C19H16I2O2/c1-22-15-9-7-14(8-10-15)18-16(11-12-20)17(21)19(23-18)13-5-3-2-4-6-13/h2-10H,11-12H2,1H3. The summed E-state index contributed by atoms with van der Waals surface area (Å²) in [6, 6.07) is 18.3. The molecule has 1 heterocycles. The third-order valence-corrected chi connectivity index (χ3v) is 5.36. The molecule has 0 fully saturated rings. The zero-order chi connectivity index (χ0) is 16.2. The van der Waals surface area contributed by atoms with E-state index in [0.717, 1.165) is 39.2 Å². The highest BCUT2D eigenvalue weighted by Gasteiger charge is 2.20. The van der Waals surface area contributed by atoms with Gasteiger partial charge in [-0.2, -0.15) is 0 Å². The van der Waals surface area contributed by atoms with Gasteiger partial charge in [0.2, 0.25) is 0 Å². The predicted octanol–water partition coefficient (Wildman–Crippen LogP) is 6.20. The second kappa shape index (κ2) is 7.70. The van der Waals surface area contributed by atoms with E-state index in [9.17, 15) is 0 Å². The van der Waals surface area contributed by atoms with Crippen LogP contribution in [0.1, 0.15) is 5.56 Å². The first-order valence-electron chi connectivity index (χ1n) is 7.31. The van der Waals surface area contributed by atoms with E-state index in [1.165, 1.54) is 9.13 Å². The van der Waals surface area contributed by atoms with Gasteiger partial charge < -0.3 is 9.15 Å². The third kappa shape index (κ3) is 3.57. The maximum absolute atomic E-state index is 6.29. The second-order valence-electron chi connectivity index (χ2n) is 5.09. The fourth-order valence-electron chi connectivity index (χ4n) is 2.51. The first-order valence-corrected chi connectivity index (χ1v) is 9.92. The Morgan fingerprint density at radius 2 is 1.57 bits per heavy atom. The summed E-state index contributed by atoms with van der Waals surface area (Å²) in [4.78, 5) is 0. The third-order valence-electron chi connectivity index (χ3n) is 3.68. The Bertz CT molecular complexity index is 777. The van der Waals surface area contributed by atoms with Gasteiger partial charge in [0.1, 0.15) is 17.3 Å². The smallest absolute Gasteiger partial charge is 0.148 e. The first kappa shape index (κ1) is 16.8. The van der Waals surface area contributed by atoms with Crippen LogP contribution in [0.25, 0.3) is 22.6 Å². The van der Waals surface area contributed by atoms with Crippen molar-refractivity contribution in [1.82, 2.24) is 0 Å². The lowest BCUT2D eigenvalue weighted by Crippen LogP contribution is -1.90. The van der Waals surface area contributed by atoms with Crippen LogP contribution in [0.4, 0.5) is 0 Å². The number of furan rings is 1. The van der Waals surface area contributed by atoms with Crippen LogP contribution in [0.5, 0.6) is 5.75 Å². The summed E-state index contributed by atoms with van der Waals surface area (Å²) in [6.45, 7) is 0. The fourth-order valence-corrected chi connectivity index (χ4v) is 3.99. The minimum Gasteiger partial charge on any atom is -0.497 e. The van der Waals surface area contributed by atoms with Crippen LogP contribution in [-0.2, 0) is 6.42 Å². The Hall–Kier alpha value is -1.02.